The zero-order chi connectivity index (χ0) is 19.2. The molecule has 27 heavy (non-hydrogen) atoms. The van der Waals surface area contributed by atoms with Gasteiger partial charge in [0.25, 0.3) is 0 Å². The highest BCUT2D eigenvalue weighted by Gasteiger charge is 2.40. The number of rotatable bonds is 3. The summed E-state index contributed by atoms with van der Waals surface area (Å²) in [7, 11) is -3.18. The summed E-state index contributed by atoms with van der Waals surface area (Å²) in [5, 5.41) is 2.38. The summed E-state index contributed by atoms with van der Waals surface area (Å²) in [5.74, 6) is 0.268. The van der Waals surface area contributed by atoms with Crippen LogP contribution < -0.4 is 25.4 Å². The van der Waals surface area contributed by atoms with Gasteiger partial charge in [0.1, 0.15) is 0 Å². The molecule has 0 fully saturated rings. The van der Waals surface area contributed by atoms with Crippen LogP contribution in [0.25, 0.3) is 0 Å². The van der Waals surface area contributed by atoms with E-state index in [1.807, 2.05) is 87.5 Å². The molecular formula is C22H20ClO3P. The van der Waals surface area contributed by atoms with Gasteiger partial charge in [0.05, 0.1) is 5.02 Å². The van der Waals surface area contributed by atoms with Crippen molar-refractivity contribution in [1.82, 2.24) is 0 Å². The SMILES string of the molecule is Cc1cc(P(=O)(c2ccccc2)c2ccccc2)c(Cl)c2c1OC(C)(C)O2. The van der Waals surface area contributed by atoms with Crippen LogP contribution in [0.1, 0.15) is 19.4 Å². The van der Waals surface area contributed by atoms with Crippen LogP contribution in [-0.2, 0) is 4.57 Å². The maximum atomic E-state index is 14.6. The van der Waals surface area contributed by atoms with Gasteiger partial charge in [0.2, 0.25) is 5.79 Å². The van der Waals surface area contributed by atoms with E-state index in [-0.39, 0.29) is 0 Å². The van der Waals surface area contributed by atoms with Gasteiger partial charge in [-0.1, -0.05) is 72.3 Å². The molecule has 0 aromatic heterocycles. The molecule has 0 unspecified atom stereocenters. The molecule has 1 heterocycles. The summed E-state index contributed by atoms with van der Waals surface area (Å²) in [6.07, 6.45) is 0. The molecule has 3 nitrogen and oxygen atoms in total. The molecule has 0 spiro atoms. The van der Waals surface area contributed by atoms with E-state index in [4.69, 9.17) is 21.1 Å². The first kappa shape index (κ1) is 18.2. The third kappa shape index (κ3) is 2.96. The maximum absolute atomic E-state index is 14.6. The summed E-state index contributed by atoms with van der Waals surface area (Å²) in [6, 6.07) is 20.8. The largest absolute Gasteiger partial charge is 0.449 e. The van der Waals surface area contributed by atoms with E-state index in [1.54, 1.807) is 0 Å². The summed E-state index contributed by atoms with van der Waals surface area (Å²) in [5.41, 5.74) is 0.849. The zero-order valence-corrected chi connectivity index (χ0v) is 17.1. The second-order valence-electron chi connectivity index (χ2n) is 7.07. The van der Waals surface area contributed by atoms with Gasteiger partial charge in [-0.25, -0.2) is 0 Å². The molecule has 0 radical (unpaired) electrons. The molecular weight excluding hydrogens is 379 g/mol. The quantitative estimate of drug-likeness (QED) is 0.595. The summed E-state index contributed by atoms with van der Waals surface area (Å²) in [6.45, 7) is 5.58. The van der Waals surface area contributed by atoms with Gasteiger partial charge in [-0.3, -0.25) is 0 Å². The van der Waals surface area contributed by atoms with Crippen molar-refractivity contribution < 1.29 is 14.0 Å². The van der Waals surface area contributed by atoms with E-state index in [9.17, 15) is 4.57 Å². The van der Waals surface area contributed by atoms with Crippen LogP contribution in [0, 0.1) is 6.92 Å². The fraction of sp³-hybridized carbons (Fsp3) is 0.182. The summed E-state index contributed by atoms with van der Waals surface area (Å²) >= 11 is 6.76. The first-order chi connectivity index (χ1) is 12.8. The number of halogens is 1. The van der Waals surface area contributed by atoms with Gasteiger partial charge in [-0.2, -0.15) is 0 Å². The van der Waals surface area contributed by atoms with E-state index in [1.165, 1.54) is 0 Å². The lowest BCUT2D eigenvalue weighted by molar-refractivity contribution is -0.0433. The molecule has 0 saturated heterocycles. The Morgan fingerprint density at radius 2 is 1.33 bits per heavy atom. The molecule has 0 N–H and O–H groups in total. The molecule has 0 amide bonds. The molecule has 3 aromatic carbocycles. The third-order valence-electron chi connectivity index (χ3n) is 4.62. The fourth-order valence-corrected chi connectivity index (χ4v) is 6.72. The smallest absolute Gasteiger partial charge is 0.246 e. The van der Waals surface area contributed by atoms with Crippen LogP contribution in [0.15, 0.2) is 66.7 Å². The highest BCUT2D eigenvalue weighted by atomic mass is 35.5. The lowest BCUT2D eigenvalue weighted by Crippen LogP contribution is -2.30. The molecule has 4 rings (SSSR count). The Labute approximate surface area is 164 Å². The molecule has 138 valence electrons. The van der Waals surface area contributed by atoms with Crippen molar-refractivity contribution in [2.75, 3.05) is 0 Å². The van der Waals surface area contributed by atoms with Crippen molar-refractivity contribution in [3.8, 4) is 11.5 Å². The average molecular weight is 399 g/mol. The van der Waals surface area contributed by atoms with E-state index < -0.39 is 12.9 Å². The lowest BCUT2D eigenvalue weighted by Gasteiger charge is -2.22. The minimum atomic E-state index is -3.18. The van der Waals surface area contributed by atoms with Gasteiger partial charge in [-0.05, 0) is 18.6 Å². The Morgan fingerprint density at radius 3 is 1.85 bits per heavy atom. The Balaban J connectivity index is 2.02. The minimum absolute atomic E-state index is 0.345. The van der Waals surface area contributed by atoms with Crippen LogP contribution in [0.2, 0.25) is 5.02 Å². The molecule has 0 saturated carbocycles. The number of ether oxygens (including phenoxy) is 2. The van der Waals surface area contributed by atoms with E-state index >= 15 is 0 Å². The molecule has 1 aliphatic rings. The van der Waals surface area contributed by atoms with Crippen molar-refractivity contribution in [2.24, 2.45) is 0 Å². The second kappa shape index (κ2) is 6.44. The van der Waals surface area contributed by atoms with Crippen LogP contribution in [0.4, 0.5) is 0 Å². The maximum Gasteiger partial charge on any atom is 0.246 e. The predicted molar refractivity (Wildman–Crippen MR) is 111 cm³/mol. The predicted octanol–water partition coefficient (Wildman–Crippen LogP) is 4.80. The van der Waals surface area contributed by atoms with E-state index in [0.29, 0.717) is 21.8 Å². The number of aryl methyl sites for hydroxylation is 1. The Morgan fingerprint density at radius 1 is 0.852 bits per heavy atom. The highest BCUT2D eigenvalue weighted by molar-refractivity contribution is 7.85. The molecule has 0 bridgehead atoms. The zero-order valence-electron chi connectivity index (χ0n) is 15.4. The lowest BCUT2D eigenvalue weighted by atomic mass is 10.2. The van der Waals surface area contributed by atoms with Gasteiger partial charge < -0.3 is 14.0 Å². The van der Waals surface area contributed by atoms with Crippen LogP contribution in [0.3, 0.4) is 0 Å². The van der Waals surface area contributed by atoms with Crippen LogP contribution in [-0.4, -0.2) is 5.79 Å². The second-order valence-corrected chi connectivity index (χ2v) is 10.2. The highest BCUT2D eigenvalue weighted by Crippen LogP contribution is 2.52. The van der Waals surface area contributed by atoms with Gasteiger partial charge in [0.15, 0.2) is 18.6 Å². The Kier molecular flexibility index (Phi) is 4.33. The fourth-order valence-electron chi connectivity index (χ4n) is 3.39. The van der Waals surface area contributed by atoms with Gasteiger partial charge >= 0.3 is 0 Å². The summed E-state index contributed by atoms with van der Waals surface area (Å²) in [4.78, 5) is 0. The molecule has 1 aliphatic heterocycles. The molecule has 0 atom stereocenters. The average Bonchev–Trinajstić information content (AvgIpc) is 3.02. The Bertz CT molecular complexity index is 1000. The van der Waals surface area contributed by atoms with Crippen molar-refractivity contribution in [2.45, 2.75) is 26.6 Å². The topological polar surface area (TPSA) is 35.5 Å². The first-order valence-electron chi connectivity index (χ1n) is 8.76. The molecule has 5 heteroatoms. The number of benzene rings is 3. The molecule has 0 aliphatic carbocycles. The first-order valence-corrected chi connectivity index (χ1v) is 10.8. The summed E-state index contributed by atoms with van der Waals surface area (Å²) < 4.78 is 26.4. The number of fused-ring (bicyclic) bond motifs is 1. The van der Waals surface area contributed by atoms with Gasteiger partial charge in [-0.15, -0.1) is 0 Å². The van der Waals surface area contributed by atoms with Crippen LogP contribution >= 0.6 is 18.7 Å². The standard InChI is InChI=1S/C22H20ClO3P/c1-15-14-18(19(23)21-20(15)25-22(2,3)26-21)27(24,16-10-6-4-7-11-16)17-12-8-5-9-13-17/h4-14H,1-3H3. The van der Waals surface area contributed by atoms with E-state index in [0.717, 1.165) is 16.2 Å². The van der Waals surface area contributed by atoms with Crippen molar-refractivity contribution in [1.29, 1.82) is 0 Å². The third-order valence-corrected chi connectivity index (χ3v) is 8.21. The van der Waals surface area contributed by atoms with Crippen molar-refractivity contribution in [3.63, 3.8) is 0 Å². The van der Waals surface area contributed by atoms with Gasteiger partial charge in [0, 0.05) is 29.8 Å². The van der Waals surface area contributed by atoms with Crippen molar-refractivity contribution in [3.05, 3.63) is 77.3 Å². The Hall–Kier alpha value is -2.22. The number of hydrogen-bond acceptors (Lipinski definition) is 3. The van der Waals surface area contributed by atoms with Crippen molar-refractivity contribution >= 4 is 34.7 Å². The molecule has 3 aromatic rings. The number of hydrogen-bond donors (Lipinski definition) is 0. The normalized spacial score (nSPS) is 15.0. The van der Waals surface area contributed by atoms with E-state index in [2.05, 4.69) is 0 Å². The monoisotopic (exact) mass is 398 g/mol. The minimum Gasteiger partial charge on any atom is -0.449 e. The van der Waals surface area contributed by atoms with Crippen LogP contribution in [0.5, 0.6) is 11.5 Å².